The average molecular weight is 369 g/mol. The molecule has 1 saturated heterocycles. The molecule has 0 bridgehead atoms. The summed E-state index contributed by atoms with van der Waals surface area (Å²) in [6.07, 6.45) is 1.24. The summed E-state index contributed by atoms with van der Waals surface area (Å²) in [6.45, 7) is 3.16. The number of nitrogens with one attached hydrogen (secondary N) is 1. The molecule has 0 saturated carbocycles. The Morgan fingerprint density at radius 1 is 1.31 bits per heavy atom. The Bertz CT molecular complexity index is 644. The Balaban J connectivity index is 2.06. The second-order valence-corrected chi connectivity index (χ2v) is 7.41. The van der Waals surface area contributed by atoms with Gasteiger partial charge < -0.3 is 20.7 Å². The molecule has 2 rings (SSSR count). The van der Waals surface area contributed by atoms with Crippen molar-refractivity contribution in [3.8, 4) is 5.75 Å². The first-order valence-electron chi connectivity index (χ1n) is 8.52. The number of hydrogen-bond acceptors (Lipinski definition) is 4. The second-order valence-electron chi connectivity index (χ2n) is 7.41. The Morgan fingerprint density at radius 2 is 1.92 bits per heavy atom. The molecule has 1 unspecified atom stereocenters. The van der Waals surface area contributed by atoms with Gasteiger partial charge in [-0.15, -0.1) is 0 Å². The van der Waals surface area contributed by atoms with Gasteiger partial charge in [0.1, 0.15) is 11.8 Å². The van der Waals surface area contributed by atoms with Crippen molar-refractivity contribution in [3.05, 3.63) is 24.3 Å². The van der Waals surface area contributed by atoms with Crippen molar-refractivity contribution in [3.63, 3.8) is 0 Å². The van der Waals surface area contributed by atoms with Gasteiger partial charge >= 0.3 is 6.61 Å². The van der Waals surface area contributed by atoms with Crippen molar-refractivity contribution in [2.75, 3.05) is 11.4 Å². The summed E-state index contributed by atoms with van der Waals surface area (Å²) in [6, 6.07) is 4.47. The van der Waals surface area contributed by atoms with E-state index in [-0.39, 0.29) is 17.6 Å². The molecule has 3 N–H and O–H groups in total. The number of benzene rings is 1. The Morgan fingerprint density at radius 3 is 2.46 bits per heavy atom. The maximum absolute atomic E-state index is 12.7. The summed E-state index contributed by atoms with van der Waals surface area (Å²) in [7, 11) is 0. The topological polar surface area (TPSA) is 84.7 Å². The molecular formula is C18H25F2N3O3. The normalized spacial score (nSPS) is 19.4. The van der Waals surface area contributed by atoms with E-state index >= 15 is 0 Å². The van der Waals surface area contributed by atoms with Crippen molar-refractivity contribution in [1.29, 1.82) is 0 Å². The standard InChI is InChI=1S/C18H25F2N3O3/c1-18(2,3)14(21)15(24)22-13-5-4-10-23(16(13)25)11-6-8-12(9-7-11)26-17(19)20/h6-9,13-14,17H,4-5,10,21H2,1-3H3,(H,22,24)/t13?,14-/m1/s1. The Kier molecular flexibility index (Phi) is 6.17. The number of ether oxygens (including phenoxy) is 1. The highest BCUT2D eigenvalue weighted by atomic mass is 19.3. The van der Waals surface area contributed by atoms with Crippen molar-refractivity contribution in [1.82, 2.24) is 5.32 Å². The van der Waals surface area contributed by atoms with Crippen LogP contribution in [0.25, 0.3) is 0 Å². The number of rotatable bonds is 5. The number of nitrogens with zero attached hydrogens (tertiary/aromatic N) is 1. The van der Waals surface area contributed by atoms with Crippen LogP contribution in [0.15, 0.2) is 24.3 Å². The molecule has 1 aromatic rings. The van der Waals surface area contributed by atoms with Gasteiger partial charge in [0.2, 0.25) is 11.8 Å². The van der Waals surface area contributed by atoms with Crippen LogP contribution >= 0.6 is 0 Å². The maximum atomic E-state index is 12.7. The lowest BCUT2D eigenvalue weighted by Crippen LogP contribution is -2.57. The molecule has 8 heteroatoms. The molecule has 0 radical (unpaired) electrons. The highest BCUT2D eigenvalue weighted by Crippen LogP contribution is 2.25. The van der Waals surface area contributed by atoms with E-state index in [1.807, 2.05) is 20.8 Å². The lowest BCUT2D eigenvalue weighted by atomic mass is 9.86. The lowest BCUT2D eigenvalue weighted by Gasteiger charge is -2.34. The van der Waals surface area contributed by atoms with Crippen LogP contribution in [0.5, 0.6) is 5.75 Å². The second kappa shape index (κ2) is 7.99. The number of amides is 2. The van der Waals surface area contributed by atoms with Gasteiger partial charge in [0.15, 0.2) is 0 Å². The first-order valence-corrected chi connectivity index (χ1v) is 8.52. The van der Waals surface area contributed by atoms with Crippen molar-refractivity contribution in [2.45, 2.75) is 52.3 Å². The minimum atomic E-state index is -2.90. The van der Waals surface area contributed by atoms with Gasteiger partial charge in [0, 0.05) is 12.2 Å². The first kappa shape index (κ1) is 20.1. The van der Waals surface area contributed by atoms with Crippen LogP contribution < -0.4 is 20.7 Å². The number of anilines is 1. The lowest BCUT2D eigenvalue weighted by molar-refractivity contribution is -0.130. The van der Waals surface area contributed by atoms with E-state index in [1.165, 1.54) is 17.0 Å². The number of alkyl halides is 2. The summed E-state index contributed by atoms with van der Waals surface area (Å²) < 4.78 is 28.8. The first-order chi connectivity index (χ1) is 12.1. The third kappa shape index (κ3) is 4.91. The van der Waals surface area contributed by atoms with E-state index in [2.05, 4.69) is 10.1 Å². The number of carbonyl (C=O) groups excluding carboxylic acids is 2. The van der Waals surface area contributed by atoms with E-state index in [0.29, 0.717) is 25.1 Å². The summed E-state index contributed by atoms with van der Waals surface area (Å²) in [5.74, 6) is -0.583. The number of piperidine rings is 1. The Labute approximate surface area is 151 Å². The summed E-state index contributed by atoms with van der Waals surface area (Å²) in [5.41, 5.74) is 6.10. The third-order valence-corrected chi connectivity index (χ3v) is 4.34. The zero-order valence-corrected chi connectivity index (χ0v) is 15.2. The number of halogens is 2. The van der Waals surface area contributed by atoms with Gasteiger partial charge in [-0.25, -0.2) is 0 Å². The van der Waals surface area contributed by atoms with Crippen LogP contribution in [0.1, 0.15) is 33.6 Å². The number of carbonyl (C=O) groups is 2. The zero-order valence-electron chi connectivity index (χ0n) is 15.2. The van der Waals surface area contributed by atoms with E-state index < -0.39 is 24.1 Å². The van der Waals surface area contributed by atoms with E-state index in [4.69, 9.17) is 5.73 Å². The zero-order chi connectivity index (χ0) is 19.5. The Hall–Kier alpha value is -2.22. The van der Waals surface area contributed by atoms with Crippen LogP contribution in [-0.2, 0) is 9.59 Å². The largest absolute Gasteiger partial charge is 0.435 e. The van der Waals surface area contributed by atoms with Crippen LogP contribution in [0.4, 0.5) is 14.5 Å². The van der Waals surface area contributed by atoms with Crippen LogP contribution in [0.2, 0.25) is 0 Å². The molecule has 144 valence electrons. The van der Waals surface area contributed by atoms with Crippen molar-refractivity contribution in [2.24, 2.45) is 11.1 Å². The molecule has 0 spiro atoms. The predicted octanol–water partition coefficient (Wildman–Crippen LogP) is 2.27. The number of hydrogen-bond donors (Lipinski definition) is 2. The molecule has 1 heterocycles. The smallest absolute Gasteiger partial charge is 0.387 e. The summed E-state index contributed by atoms with van der Waals surface area (Å²) in [4.78, 5) is 26.5. The third-order valence-electron chi connectivity index (χ3n) is 4.34. The monoisotopic (exact) mass is 369 g/mol. The number of nitrogens with two attached hydrogens (primary N) is 1. The fraction of sp³-hybridized carbons (Fsp3) is 0.556. The molecule has 26 heavy (non-hydrogen) atoms. The highest BCUT2D eigenvalue weighted by molar-refractivity contribution is 6.00. The van der Waals surface area contributed by atoms with Gasteiger partial charge in [0.25, 0.3) is 0 Å². The minimum Gasteiger partial charge on any atom is -0.435 e. The van der Waals surface area contributed by atoms with Gasteiger partial charge in [-0.05, 0) is 42.5 Å². The van der Waals surface area contributed by atoms with E-state index in [1.54, 1.807) is 12.1 Å². The minimum absolute atomic E-state index is 0.0224. The molecule has 6 nitrogen and oxygen atoms in total. The van der Waals surface area contributed by atoms with E-state index in [9.17, 15) is 18.4 Å². The van der Waals surface area contributed by atoms with Gasteiger partial charge in [-0.3, -0.25) is 9.59 Å². The molecule has 1 fully saturated rings. The fourth-order valence-electron chi connectivity index (χ4n) is 2.73. The van der Waals surface area contributed by atoms with E-state index in [0.717, 1.165) is 0 Å². The maximum Gasteiger partial charge on any atom is 0.387 e. The van der Waals surface area contributed by atoms with Crippen molar-refractivity contribution >= 4 is 17.5 Å². The molecule has 0 aliphatic carbocycles. The molecular weight excluding hydrogens is 344 g/mol. The van der Waals surface area contributed by atoms with Crippen LogP contribution in [0.3, 0.4) is 0 Å². The van der Waals surface area contributed by atoms with Gasteiger partial charge in [-0.1, -0.05) is 20.8 Å². The van der Waals surface area contributed by atoms with Crippen LogP contribution in [0, 0.1) is 5.41 Å². The van der Waals surface area contributed by atoms with Gasteiger partial charge in [-0.2, -0.15) is 8.78 Å². The average Bonchev–Trinajstić information content (AvgIpc) is 2.55. The molecule has 1 aliphatic heterocycles. The predicted molar refractivity (Wildman–Crippen MR) is 94.0 cm³/mol. The molecule has 0 aromatic heterocycles. The molecule has 2 amide bonds. The summed E-state index contributed by atoms with van der Waals surface area (Å²) >= 11 is 0. The van der Waals surface area contributed by atoms with Gasteiger partial charge in [0.05, 0.1) is 6.04 Å². The molecule has 1 aliphatic rings. The quantitative estimate of drug-likeness (QED) is 0.834. The molecule has 1 aromatic carbocycles. The van der Waals surface area contributed by atoms with Crippen molar-refractivity contribution < 1.29 is 23.1 Å². The highest BCUT2D eigenvalue weighted by Gasteiger charge is 2.34. The SMILES string of the molecule is CC(C)(C)[C@H](N)C(=O)NC1CCCN(c2ccc(OC(F)F)cc2)C1=O. The summed E-state index contributed by atoms with van der Waals surface area (Å²) in [5, 5.41) is 2.73. The molecule has 2 atom stereocenters. The fourth-order valence-corrected chi connectivity index (χ4v) is 2.73. The van der Waals surface area contributed by atoms with Crippen LogP contribution in [-0.4, -0.2) is 37.1 Å².